The standard InChI is InChI=1S/C14H15BrO5/c15-4-1-2-5-20-14-10(17)7-11-12(13(14)18)9(8-16)3-6-19-11/h3,6-9,17-18H,1-2,4-5H2. The van der Waals surface area contributed by atoms with E-state index in [1.807, 2.05) is 0 Å². The number of halogens is 1. The van der Waals surface area contributed by atoms with Gasteiger partial charge in [0, 0.05) is 11.4 Å². The van der Waals surface area contributed by atoms with Gasteiger partial charge >= 0.3 is 0 Å². The largest absolute Gasteiger partial charge is 0.504 e. The van der Waals surface area contributed by atoms with Crippen molar-refractivity contribution in [3.63, 3.8) is 0 Å². The summed E-state index contributed by atoms with van der Waals surface area (Å²) < 4.78 is 10.6. The normalized spacial score (nSPS) is 16.4. The van der Waals surface area contributed by atoms with Gasteiger partial charge in [-0.25, -0.2) is 0 Å². The molecule has 2 N–H and O–H groups in total. The topological polar surface area (TPSA) is 76.0 Å². The highest BCUT2D eigenvalue weighted by Gasteiger charge is 2.26. The first-order valence-corrected chi connectivity index (χ1v) is 7.37. The lowest BCUT2D eigenvalue weighted by Gasteiger charge is -2.20. The predicted octanol–water partition coefficient (Wildman–Crippen LogP) is 2.84. The second-order valence-corrected chi connectivity index (χ2v) is 5.13. The van der Waals surface area contributed by atoms with Crippen LogP contribution in [0.5, 0.6) is 23.0 Å². The van der Waals surface area contributed by atoms with Crippen LogP contribution in [0, 0.1) is 0 Å². The molecule has 0 fully saturated rings. The Morgan fingerprint density at radius 3 is 2.90 bits per heavy atom. The van der Waals surface area contributed by atoms with E-state index in [4.69, 9.17) is 9.47 Å². The maximum atomic E-state index is 11.0. The smallest absolute Gasteiger partial charge is 0.203 e. The molecule has 1 aliphatic heterocycles. The highest BCUT2D eigenvalue weighted by Crippen LogP contribution is 2.48. The van der Waals surface area contributed by atoms with Crippen LogP contribution in [0.4, 0.5) is 0 Å². The summed E-state index contributed by atoms with van der Waals surface area (Å²) in [6, 6.07) is 1.34. The predicted molar refractivity (Wildman–Crippen MR) is 76.9 cm³/mol. The zero-order valence-corrected chi connectivity index (χ0v) is 12.3. The number of hydrogen-bond donors (Lipinski definition) is 2. The number of aromatic hydroxyl groups is 2. The molecule has 0 saturated heterocycles. The number of phenolic OH excluding ortho intramolecular Hbond substituents is 2. The van der Waals surface area contributed by atoms with Gasteiger partial charge in [0.25, 0.3) is 0 Å². The van der Waals surface area contributed by atoms with E-state index >= 15 is 0 Å². The molecule has 1 atom stereocenters. The summed E-state index contributed by atoms with van der Waals surface area (Å²) in [7, 11) is 0. The molecule has 1 unspecified atom stereocenters. The second kappa shape index (κ2) is 6.65. The van der Waals surface area contributed by atoms with Gasteiger partial charge in [-0.1, -0.05) is 15.9 Å². The fourth-order valence-corrected chi connectivity index (χ4v) is 2.36. The Labute approximate surface area is 125 Å². The van der Waals surface area contributed by atoms with Gasteiger partial charge in [-0.3, -0.25) is 0 Å². The first kappa shape index (κ1) is 14.7. The van der Waals surface area contributed by atoms with Crippen molar-refractivity contribution in [2.24, 2.45) is 0 Å². The number of fused-ring (bicyclic) bond motifs is 1. The molecule has 0 aliphatic carbocycles. The Bertz CT molecular complexity index is 527. The minimum absolute atomic E-state index is 0.0101. The van der Waals surface area contributed by atoms with Crippen LogP contribution in [0.2, 0.25) is 0 Å². The van der Waals surface area contributed by atoms with Crippen molar-refractivity contribution in [1.82, 2.24) is 0 Å². The lowest BCUT2D eigenvalue weighted by atomic mass is 9.96. The highest BCUT2D eigenvalue weighted by atomic mass is 79.9. The van der Waals surface area contributed by atoms with Crippen LogP contribution in [0.25, 0.3) is 0 Å². The van der Waals surface area contributed by atoms with E-state index in [2.05, 4.69) is 15.9 Å². The lowest BCUT2D eigenvalue weighted by Crippen LogP contribution is -2.07. The molecule has 0 amide bonds. The number of hydrogen-bond acceptors (Lipinski definition) is 5. The number of unbranched alkanes of at least 4 members (excludes halogenated alkanes) is 1. The van der Waals surface area contributed by atoms with Gasteiger partial charge in [-0.2, -0.15) is 0 Å². The summed E-state index contributed by atoms with van der Waals surface area (Å²) in [6.07, 6.45) is 5.30. The molecular formula is C14H15BrO5. The molecule has 1 heterocycles. The van der Waals surface area contributed by atoms with Gasteiger partial charge in [-0.15, -0.1) is 0 Å². The Morgan fingerprint density at radius 2 is 2.20 bits per heavy atom. The molecule has 1 aliphatic rings. The van der Waals surface area contributed by atoms with Crippen molar-refractivity contribution in [1.29, 1.82) is 0 Å². The number of carbonyl (C=O) groups is 1. The zero-order chi connectivity index (χ0) is 14.5. The number of allylic oxidation sites excluding steroid dienone is 1. The lowest BCUT2D eigenvalue weighted by molar-refractivity contribution is -0.108. The average Bonchev–Trinajstić information content (AvgIpc) is 2.45. The molecule has 0 bridgehead atoms. The Morgan fingerprint density at radius 1 is 1.40 bits per heavy atom. The van der Waals surface area contributed by atoms with E-state index in [1.165, 1.54) is 18.4 Å². The van der Waals surface area contributed by atoms with Crippen LogP contribution in [0.15, 0.2) is 18.4 Å². The van der Waals surface area contributed by atoms with Crippen molar-refractivity contribution >= 4 is 22.2 Å². The molecule has 1 aromatic carbocycles. The molecule has 0 saturated carbocycles. The zero-order valence-electron chi connectivity index (χ0n) is 10.7. The molecule has 20 heavy (non-hydrogen) atoms. The fourth-order valence-electron chi connectivity index (χ4n) is 1.97. The third kappa shape index (κ3) is 2.90. The van der Waals surface area contributed by atoms with Crippen LogP contribution in [-0.2, 0) is 4.79 Å². The third-order valence-electron chi connectivity index (χ3n) is 2.97. The van der Waals surface area contributed by atoms with Gasteiger partial charge < -0.3 is 24.5 Å². The van der Waals surface area contributed by atoms with Crippen LogP contribution >= 0.6 is 15.9 Å². The van der Waals surface area contributed by atoms with E-state index < -0.39 is 5.92 Å². The van der Waals surface area contributed by atoms with Crippen molar-refractivity contribution in [2.75, 3.05) is 11.9 Å². The van der Waals surface area contributed by atoms with Crippen molar-refractivity contribution in [3.05, 3.63) is 24.0 Å². The Kier molecular flexibility index (Phi) is 4.89. The van der Waals surface area contributed by atoms with Crippen molar-refractivity contribution in [2.45, 2.75) is 18.8 Å². The van der Waals surface area contributed by atoms with E-state index in [9.17, 15) is 15.0 Å². The van der Waals surface area contributed by atoms with Crippen molar-refractivity contribution in [3.8, 4) is 23.0 Å². The Hall–Kier alpha value is -1.69. The van der Waals surface area contributed by atoms with E-state index in [0.717, 1.165) is 18.2 Å². The monoisotopic (exact) mass is 342 g/mol. The first-order chi connectivity index (χ1) is 9.69. The van der Waals surface area contributed by atoms with E-state index in [-0.39, 0.29) is 23.0 Å². The number of ether oxygens (including phenoxy) is 2. The summed E-state index contributed by atoms with van der Waals surface area (Å²) in [6.45, 7) is 0.369. The van der Waals surface area contributed by atoms with Crippen molar-refractivity contribution < 1.29 is 24.5 Å². The van der Waals surface area contributed by atoms with Gasteiger partial charge in [0.15, 0.2) is 11.5 Å². The second-order valence-electron chi connectivity index (χ2n) is 4.34. The average molecular weight is 343 g/mol. The van der Waals surface area contributed by atoms with E-state index in [0.29, 0.717) is 18.5 Å². The van der Waals surface area contributed by atoms with Gasteiger partial charge in [0.1, 0.15) is 12.0 Å². The molecular weight excluding hydrogens is 328 g/mol. The number of benzene rings is 1. The van der Waals surface area contributed by atoms with Gasteiger partial charge in [-0.05, 0) is 18.9 Å². The van der Waals surface area contributed by atoms with Gasteiger partial charge in [0.2, 0.25) is 5.75 Å². The summed E-state index contributed by atoms with van der Waals surface area (Å²) in [5.74, 6) is -0.818. The third-order valence-corrected chi connectivity index (χ3v) is 3.53. The van der Waals surface area contributed by atoms with Crippen LogP contribution in [0.1, 0.15) is 24.3 Å². The number of alkyl halides is 1. The number of aldehydes is 1. The summed E-state index contributed by atoms with van der Waals surface area (Å²) in [5, 5.41) is 20.9. The summed E-state index contributed by atoms with van der Waals surface area (Å²) in [4.78, 5) is 11.0. The molecule has 6 heteroatoms. The molecule has 0 spiro atoms. The molecule has 5 nitrogen and oxygen atoms in total. The van der Waals surface area contributed by atoms with Gasteiger partial charge in [0.05, 0.1) is 24.4 Å². The van der Waals surface area contributed by atoms with Crippen LogP contribution < -0.4 is 9.47 Å². The molecule has 0 aromatic heterocycles. The maximum Gasteiger partial charge on any atom is 0.203 e. The highest BCUT2D eigenvalue weighted by molar-refractivity contribution is 9.09. The first-order valence-electron chi connectivity index (χ1n) is 6.25. The number of rotatable bonds is 6. The minimum Gasteiger partial charge on any atom is -0.504 e. The molecule has 1 aromatic rings. The SMILES string of the molecule is O=CC1C=COc2cc(O)c(OCCCCBr)c(O)c21. The van der Waals surface area contributed by atoms with E-state index in [1.54, 1.807) is 0 Å². The molecule has 2 rings (SSSR count). The van der Waals surface area contributed by atoms with Crippen LogP contribution in [-0.4, -0.2) is 28.4 Å². The molecule has 0 radical (unpaired) electrons. The minimum atomic E-state index is -0.607. The quantitative estimate of drug-likeness (QED) is 0.472. The number of carbonyl (C=O) groups excluding carboxylic acids is 1. The Balaban J connectivity index is 2.28. The summed E-state index contributed by atoms with van der Waals surface area (Å²) >= 11 is 3.31. The number of phenols is 2. The van der Waals surface area contributed by atoms with Crippen LogP contribution in [0.3, 0.4) is 0 Å². The molecule has 108 valence electrons. The maximum absolute atomic E-state index is 11.0. The summed E-state index contributed by atoms with van der Waals surface area (Å²) in [5.41, 5.74) is 0.316. The fraction of sp³-hybridized carbons (Fsp3) is 0.357.